The van der Waals surface area contributed by atoms with Gasteiger partial charge in [0.15, 0.2) is 9.84 Å². The first kappa shape index (κ1) is 18.9. The standard InChI is InChI=1S/C14H20ClN3O5S/c1-2-11-8-23-5-4-18(11)12-7-10(16-14(15)17-12)9-24(21,22)6-3-13(19)20/h7,11H,2-6,8-9H2,1H3,(H,19,20). The largest absolute Gasteiger partial charge is 0.481 e. The van der Waals surface area contributed by atoms with E-state index in [4.69, 9.17) is 21.4 Å². The summed E-state index contributed by atoms with van der Waals surface area (Å²) in [5, 5.41) is 8.60. The van der Waals surface area contributed by atoms with Crippen LogP contribution in [-0.4, -0.2) is 61.0 Å². The molecule has 0 spiro atoms. The number of anilines is 1. The Morgan fingerprint density at radius 3 is 2.92 bits per heavy atom. The highest BCUT2D eigenvalue weighted by Crippen LogP contribution is 2.22. The number of hydrogen-bond acceptors (Lipinski definition) is 7. The minimum Gasteiger partial charge on any atom is -0.481 e. The van der Waals surface area contributed by atoms with Gasteiger partial charge in [-0.25, -0.2) is 18.4 Å². The van der Waals surface area contributed by atoms with Crippen LogP contribution in [0.5, 0.6) is 0 Å². The highest BCUT2D eigenvalue weighted by molar-refractivity contribution is 7.90. The van der Waals surface area contributed by atoms with Gasteiger partial charge in [-0.15, -0.1) is 0 Å². The van der Waals surface area contributed by atoms with E-state index >= 15 is 0 Å². The van der Waals surface area contributed by atoms with Crippen LogP contribution in [0.3, 0.4) is 0 Å². The SMILES string of the molecule is CCC1COCCN1c1cc(CS(=O)(=O)CCC(=O)O)nc(Cl)n1. The number of halogens is 1. The number of carbonyl (C=O) groups is 1. The van der Waals surface area contributed by atoms with Crippen LogP contribution in [0.1, 0.15) is 25.5 Å². The van der Waals surface area contributed by atoms with Gasteiger partial charge in [-0.3, -0.25) is 4.79 Å². The fraction of sp³-hybridized carbons (Fsp3) is 0.643. The maximum atomic E-state index is 12.0. The molecule has 1 aromatic rings. The maximum Gasteiger partial charge on any atom is 0.304 e. The van der Waals surface area contributed by atoms with Gasteiger partial charge >= 0.3 is 5.97 Å². The average molecular weight is 378 g/mol. The lowest BCUT2D eigenvalue weighted by Gasteiger charge is -2.36. The first-order valence-corrected chi connectivity index (χ1v) is 9.80. The van der Waals surface area contributed by atoms with E-state index in [2.05, 4.69) is 9.97 Å². The summed E-state index contributed by atoms with van der Waals surface area (Å²) in [5.41, 5.74) is 0.261. The Morgan fingerprint density at radius 2 is 2.25 bits per heavy atom. The summed E-state index contributed by atoms with van der Waals surface area (Å²) in [4.78, 5) is 20.7. The Bertz CT molecular complexity index is 698. The summed E-state index contributed by atoms with van der Waals surface area (Å²) in [7, 11) is -3.59. The summed E-state index contributed by atoms with van der Waals surface area (Å²) in [6.07, 6.45) is 0.420. The number of aliphatic carboxylic acids is 1. The number of hydrogen-bond donors (Lipinski definition) is 1. The van der Waals surface area contributed by atoms with Crippen LogP contribution in [0.25, 0.3) is 0 Å². The van der Waals surface area contributed by atoms with E-state index in [1.807, 2.05) is 11.8 Å². The van der Waals surface area contributed by atoms with Crippen molar-refractivity contribution >= 4 is 33.2 Å². The van der Waals surface area contributed by atoms with E-state index in [0.29, 0.717) is 25.6 Å². The van der Waals surface area contributed by atoms with Crippen LogP contribution in [-0.2, 0) is 25.1 Å². The summed E-state index contributed by atoms with van der Waals surface area (Å²) in [5.74, 6) is -1.39. The number of carboxylic acid groups (broad SMARTS) is 1. The molecule has 2 rings (SSSR count). The fourth-order valence-electron chi connectivity index (χ4n) is 2.51. The third kappa shape index (κ3) is 5.29. The molecule has 8 nitrogen and oxygen atoms in total. The number of nitrogens with zero attached hydrogens (tertiary/aromatic N) is 3. The molecule has 1 fully saturated rings. The summed E-state index contributed by atoms with van der Waals surface area (Å²) >= 11 is 5.95. The van der Waals surface area contributed by atoms with Gasteiger partial charge < -0.3 is 14.7 Å². The van der Waals surface area contributed by atoms with E-state index < -0.39 is 28.0 Å². The van der Waals surface area contributed by atoms with Crippen molar-refractivity contribution in [2.24, 2.45) is 0 Å². The molecule has 1 saturated heterocycles. The highest BCUT2D eigenvalue weighted by atomic mass is 35.5. The smallest absolute Gasteiger partial charge is 0.304 e. The van der Waals surface area contributed by atoms with Crippen molar-refractivity contribution < 1.29 is 23.1 Å². The molecule has 1 N–H and O–H groups in total. The summed E-state index contributed by atoms with van der Waals surface area (Å²) < 4.78 is 29.5. The predicted molar refractivity (Wildman–Crippen MR) is 89.0 cm³/mol. The minimum absolute atomic E-state index is 0.0303. The second-order valence-corrected chi connectivity index (χ2v) is 8.07. The molecular weight excluding hydrogens is 358 g/mol. The maximum absolute atomic E-state index is 12.0. The minimum atomic E-state index is -3.59. The molecule has 1 atom stereocenters. The van der Waals surface area contributed by atoms with Gasteiger partial charge in [-0.1, -0.05) is 6.92 Å². The van der Waals surface area contributed by atoms with Gasteiger partial charge in [0.1, 0.15) is 5.82 Å². The normalized spacial score (nSPS) is 18.6. The molecule has 0 aromatic carbocycles. The molecular formula is C14H20ClN3O5S. The number of ether oxygens (including phenoxy) is 1. The average Bonchev–Trinajstić information content (AvgIpc) is 2.52. The number of aromatic nitrogens is 2. The Balaban J connectivity index is 2.20. The number of sulfone groups is 1. The lowest BCUT2D eigenvalue weighted by Crippen LogP contribution is -2.45. The molecule has 1 aliphatic heterocycles. The predicted octanol–water partition coefficient (Wildman–Crippen LogP) is 1.13. The van der Waals surface area contributed by atoms with E-state index in [1.165, 1.54) is 0 Å². The van der Waals surface area contributed by atoms with Crippen molar-refractivity contribution in [3.63, 3.8) is 0 Å². The molecule has 1 unspecified atom stereocenters. The molecule has 1 aliphatic rings. The van der Waals surface area contributed by atoms with Crippen molar-refractivity contribution in [3.8, 4) is 0 Å². The second kappa shape index (κ2) is 8.09. The molecule has 24 heavy (non-hydrogen) atoms. The highest BCUT2D eigenvalue weighted by Gasteiger charge is 2.24. The topological polar surface area (TPSA) is 110 Å². The van der Waals surface area contributed by atoms with Crippen molar-refractivity contribution in [1.29, 1.82) is 0 Å². The molecule has 2 heterocycles. The van der Waals surface area contributed by atoms with Crippen LogP contribution in [0.15, 0.2) is 6.07 Å². The fourth-order valence-corrected chi connectivity index (χ4v) is 3.93. The third-order valence-electron chi connectivity index (χ3n) is 3.73. The molecule has 0 saturated carbocycles. The molecule has 0 radical (unpaired) electrons. The quantitative estimate of drug-likeness (QED) is 0.704. The van der Waals surface area contributed by atoms with Crippen LogP contribution >= 0.6 is 11.6 Å². The molecule has 1 aromatic heterocycles. The zero-order chi connectivity index (χ0) is 17.7. The Kier molecular flexibility index (Phi) is 6.36. The third-order valence-corrected chi connectivity index (χ3v) is 5.46. The van der Waals surface area contributed by atoms with Crippen LogP contribution in [0.2, 0.25) is 5.28 Å². The lowest BCUT2D eigenvalue weighted by molar-refractivity contribution is -0.136. The van der Waals surface area contributed by atoms with Crippen molar-refractivity contribution in [2.45, 2.75) is 31.6 Å². The first-order chi connectivity index (χ1) is 11.3. The zero-order valence-electron chi connectivity index (χ0n) is 13.3. The van der Waals surface area contributed by atoms with E-state index in [-0.39, 0.29) is 22.8 Å². The van der Waals surface area contributed by atoms with Gasteiger partial charge in [0.2, 0.25) is 5.28 Å². The molecule has 134 valence electrons. The first-order valence-electron chi connectivity index (χ1n) is 7.61. The Labute approximate surface area is 145 Å². The van der Waals surface area contributed by atoms with Gasteiger partial charge in [0.05, 0.1) is 42.9 Å². The summed E-state index contributed by atoms with van der Waals surface area (Å²) in [6.45, 7) is 3.80. The van der Waals surface area contributed by atoms with Crippen LogP contribution in [0.4, 0.5) is 5.82 Å². The van der Waals surface area contributed by atoms with Gasteiger partial charge in [-0.05, 0) is 18.0 Å². The van der Waals surface area contributed by atoms with Crippen molar-refractivity contribution in [1.82, 2.24) is 9.97 Å². The zero-order valence-corrected chi connectivity index (χ0v) is 14.9. The molecule has 0 bridgehead atoms. The van der Waals surface area contributed by atoms with Gasteiger partial charge in [0.25, 0.3) is 0 Å². The molecule has 0 aliphatic carbocycles. The van der Waals surface area contributed by atoms with E-state index in [1.54, 1.807) is 6.07 Å². The lowest BCUT2D eigenvalue weighted by atomic mass is 10.2. The molecule has 10 heteroatoms. The number of morpholine rings is 1. The van der Waals surface area contributed by atoms with Crippen LogP contribution in [0, 0.1) is 0 Å². The number of carboxylic acids is 1. The second-order valence-electron chi connectivity index (χ2n) is 5.55. The summed E-state index contributed by atoms with van der Waals surface area (Å²) in [6, 6.07) is 1.74. The Morgan fingerprint density at radius 1 is 1.50 bits per heavy atom. The number of rotatable bonds is 7. The van der Waals surface area contributed by atoms with Crippen molar-refractivity contribution in [3.05, 3.63) is 17.0 Å². The van der Waals surface area contributed by atoms with E-state index in [9.17, 15) is 13.2 Å². The molecule has 0 amide bonds. The van der Waals surface area contributed by atoms with Crippen molar-refractivity contribution in [2.75, 3.05) is 30.4 Å². The van der Waals surface area contributed by atoms with Gasteiger partial charge in [-0.2, -0.15) is 0 Å². The van der Waals surface area contributed by atoms with E-state index in [0.717, 1.165) is 6.42 Å². The van der Waals surface area contributed by atoms with Crippen LogP contribution < -0.4 is 4.90 Å². The van der Waals surface area contributed by atoms with Gasteiger partial charge in [0, 0.05) is 12.6 Å². The Hall–Kier alpha value is -1.45. The monoisotopic (exact) mass is 377 g/mol.